The Bertz CT molecular complexity index is 883. The first kappa shape index (κ1) is 23.9. The van der Waals surface area contributed by atoms with E-state index in [1.165, 1.54) is 0 Å². The zero-order valence-electron chi connectivity index (χ0n) is 18.4. The lowest BCUT2D eigenvalue weighted by atomic mass is 10.1. The maximum absolute atomic E-state index is 13.1. The molecule has 30 heavy (non-hydrogen) atoms. The lowest BCUT2D eigenvalue weighted by Gasteiger charge is -2.29. The highest BCUT2D eigenvalue weighted by Gasteiger charge is 2.26. The highest BCUT2D eigenvalue weighted by Crippen LogP contribution is 2.20. The molecule has 0 bridgehead atoms. The molecule has 2 amide bonds. The Labute approximate surface area is 187 Å². The van der Waals surface area contributed by atoms with Crippen molar-refractivity contribution in [1.29, 1.82) is 0 Å². The molecule has 1 unspecified atom stereocenters. The van der Waals surface area contributed by atoms with E-state index in [2.05, 4.69) is 21.2 Å². The maximum atomic E-state index is 13.1. The predicted octanol–water partition coefficient (Wildman–Crippen LogP) is 4.63. The minimum atomic E-state index is -0.613. The average molecular weight is 475 g/mol. The van der Waals surface area contributed by atoms with Gasteiger partial charge in [-0.15, -0.1) is 0 Å². The minimum absolute atomic E-state index is 0.125. The van der Waals surface area contributed by atoms with E-state index in [4.69, 9.17) is 4.74 Å². The largest absolute Gasteiger partial charge is 0.483 e. The van der Waals surface area contributed by atoms with E-state index in [9.17, 15) is 9.59 Å². The van der Waals surface area contributed by atoms with Crippen LogP contribution in [-0.4, -0.2) is 35.9 Å². The Kier molecular flexibility index (Phi) is 8.90. The van der Waals surface area contributed by atoms with Crippen LogP contribution < -0.4 is 10.1 Å². The van der Waals surface area contributed by atoms with Gasteiger partial charge in [0.15, 0.2) is 6.61 Å². The van der Waals surface area contributed by atoms with Gasteiger partial charge in [-0.05, 0) is 61.6 Å². The van der Waals surface area contributed by atoms with Crippen LogP contribution in [0.1, 0.15) is 37.5 Å². The van der Waals surface area contributed by atoms with Crippen LogP contribution in [0.25, 0.3) is 0 Å². The fourth-order valence-corrected chi connectivity index (χ4v) is 3.40. The zero-order valence-corrected chi connectivity index (χ0v) is 20.0. The molecule has 0 radical (unpaired) electrons. The first-order valence-electron chi connectivity index (χ1n) is 10.2. The van der Waals surface area contributed by atoms with Crippen molar-refractivity contribution >= 4 is 27.7 Å². The summed E-state index contributed by atoms with van der Waals surface area (Å²) in [4.78, 5) is 27.3. The molecule has 0 aliphatic rings. The Hall–Kier alpha value is -2.34. The number of amides is 2. The van der Waals surface area contributed by atoms with E-state index in [1.807, 2.05) is 70.2 Å². The number of benzene rings is 2. The number of carbonyl (C=O) groups excluding carboxylic acids is 2. The number of nitrogens with one attached hydrogen (secondary N) is 1. The van der Waals surface area contributed by atoms with Crippen molar-refractivity contribution in [3.8, 4) is 5.75 Å². The molecule has 2 aromatic rings. The molecule has 0 spiro atoms. The molecule has 2 aromatic carbocycles. The van der Waals surface area contributed by atoms with Crippen molar-refractivity contribution in [2.45, 2.75) is 47.2 Å². The minimum Gasteiger partial charge on any atom is -0.483 e. The fourth-order valence-electron chi connectivity index (χ4n) is 2.95. The summed E-state index contributed by atoms with van der Waals surface area (Å²) in [5, 5.41) is 2.92. The summed E-state index contributed by atoms with van der Waals surface area (Å²) >= 11 is 3.46. The van der Waals surface area contributed by atoms with Crippen molar-refractivity contribution in [1.82, 2.24) is 10.2 Å². The van der Waals surface area contributed by atoms with Crippen LogP contribution in [0.4, 0.5) is 0 Å². The second-order valence-electron chi connectivity index (χ2n) is 8.02. The molecule has 0 saturated carbocycles. The first-order chi connectivity index (χ1) is 14.2. The number of hydrogen-bond donors (Lipinski definition) is 1. The van der Waals surface area contributed by atoms with Crippen molar-refractivity contribution in [3.63, 3.8) is 0 Å². The number of halogens is 1. The van der Waals surface area contributed by atoms with Gasteiger partial charge in [0.1, 0.15) is 11.8 Å². The van der Waals surface area contributed by atoms with Gasteiger partial charge in [-0.25, -0.2) is 0 Å². The van der Waals surface area contributed by atoms with Gasteiger partial charge in [0, 0.05) is 17.6 Å². The van der Waals surface area contributed by atoms with Crippen molar-refractivity contribution in [3.05, 3.63) is 63.6 Å². The van der Waals surface area contributed by atoms with Crippen LogP contribution in [0.15, 0.2) is 46.9 Å². The molecule has 1 atom stereocenters. The maximum Gasteiger partial charge on any atom is 0.261 e. The average Bonchev–Trinajstić information content (AvgIpc) is 2.70. The molecule has 0 heterocycles. The van der Waals surface area contributed by atoms with Gasteiger partial charge in [-0.1, -0.05) is 54.0 Å². The van der Waals surface area contributed by atoms with Gasteiger partial charge in [-0.2, -0.15) is 0 Å². The second kappa shape index (κ2) is 11.2. The van der Waals surface area contributed by atoms with Crippen LogP contribution in [-0.2, 0) is 16.1 Å². The van der Waals surface area contributed by atoms with Crippen LogP contribution >= 0.6 is 15.9 Å². The smallest absolute Gasteiger partial charge is 0.261 e. The topological polar surface area (TPSA) is 58.6 Å². The normalized spacial score (nSPS) is 11.8. The van der Waals surface area contributed by atoms with Crippen LogP contribution in [0.3, 0.4) is 0 Å². The third kappa shape index (κ3) is 7.17. The summed E-state index contributed by atoms with van der Waals surface area (Å²) < 4.78 is 6.74. The van der Waals surface area contributed by atoms with Gasteiger partial charge < -0.3 is 15.0 Å². The third-order valence-corrected chi connectivity index (χ3v) is 5.28. The second-order valence-corrected chi connectivity index (χ2v) is 8.94. The quantitative estimate of drug-likeness (QED) is 0.575. The Morgan fingerprint density at radius 1 is 1.10 bits per heavy atom. The van der Waals surface area contributed by atoms with Gasteiger partial charge in [0.2, 0.25) is 5.91 Å². The molecule has 5 nitrogen and oxygen atoms in total. The van der Waals surface area contributed by atoms with Crippen LogP contribution in [0, 0.1) is 19.8 Å². The summed E-state index contributed by atoms with van der Waals surface area (Å²) in [6.07, 6.45) is 0. The van der Waals surface area contributed by atoms with Crippen LogP contribution in [0.5, 0.6) is 5.75 Å². The lowest BCUT2D eigenvalue weighted by Crippen LogP contribution is -2.49. The molecule has 162 valence electrons. The summed E-state index contributed by atoms with van der Waals surface area (Å²) in [6.45, 7) is 10.5. The summed E-state index contributed by atoms with van der Waals surface area (Å²) in [5.74, 6) is 0.618. The SMILES string of the molecule is Cc1ccc(C)c(OCC(=O)N(Cc2cccc(Br)c2)C(C)C(=O)NCC(C)C)c1. The van der Waals surface area contributed by atoms with Gasteiger partial charge in [0.25, 0.3) is 5.91 Å². The van der Waals surface area contributed by atoms with Crippen molar-refractivity contribution in [2.75, 3.05) is 13.2 Å². The van der Waals surface area contributed by atoms with Gasteiger partial charge in [0.05, 0.1) is 0 Å². The molecule has 6 heteroatoms. The first-order valence-corrected chi connectivity index (χ1v) is 11.0. The van der Waals surface area contributed by atoms with E-state index in [0.29, 0.717) is 24.8 Å². The molecule has 0 fully saturated rings. The number of carbonyl (C=O) groups is 2. The zero-order chi connectivity index (χ0) is 22.3. The predicted molar refractivity (Wildman–Crippen MR) is 123 cm³/mol. The molecular weight excluding hydrogens is 444 g/mol. The number of nitrogens with zero attached hydrogens (tertiary/aromatic N) is 1. The van der Waals surface area contributed by atoms with Gasteiger partial charge >= 0.3 is 0 Å². The molecule has 0 aromatic heterocycles. The Morgan fingerprint density at radius 2 is 1.83 bits per heavy atom. The number of aryl methyl sites for hydroxylation is 2. The van der Waals surface area contributed by atoms with E-state index >= 15 is 0 Å². The molecule has 0 aliphatic heterocycles. The van der Waals surface area contributed by atoms with E-state index in [-0.39, 0.29) is 18.4 Å². The number of ether oxygens (including phenoxy) is 1. The highest BCUT2D eigenvalue weighted by molar-refractivity contribution is 9.10. The molecule has 2 rings (SSSR count). The lowest BCUT2D eigenvalue weighted by molar-refractivity contribution is -0.142. The molecule has 1 N–H and O–H groups in total. The number of rotatable bonds is 9. The highest BCUT2D eigenvalue weighted by atomic mass is 79.9. The Morgan fingerprint density at radius 3 is 2.50 bits per heavy atom. The summed E-state index contributed by atoms with van der Waals surface area (Å²) in [5.41, 5.74) is 2.97. The van der Waals surface area contributed by atoms with Crippen molar-refractivity contribution in [2.24, 2.45) is 5.92 Å². The summed E-state index contributed by atoms with van der Waals surface area (Å²) in [6, 6.07) is 13.0. The van der Waals surface area contributed by atoms with E-state index in [0.717, 1.165) is 21.2 Å². The summed E-state index contributed by atoms with van der Waals surface area (Å²) in [7, 11) is 0. The molecular formula is C24H31BrN2O3. The van der Waals surface area contributed by atoms with E-state index < -0.39 is 6.04 Å². The van der Waals surface area contributed by atoms with Gasteiger partial charge in [-0.3, -0.25) is 9.59 Å². The van der Waals surface area contributed by atoms with Crippen LogP contribution in [0.2, 0.25) is 0 Å². The van der Waals surface area contributed by atoms with Crippen molar-refractivity contribution < 1.29 is 14.3 Å². The Balaban J connectivity index is 2.17. The third-order valence-electron chi connectivity index (χ3n) is 4.79. The molecule has 0 aliphatic carbocycles. The standard InChI is InChI=1S/C24H31BrN2O3/c1-16(2)13-26-24(29)19(5)27(14-20-7-6-8-21(25)12-20)23(28)15-30-22-11-17(3)9-10-18(22)4/h6-12,16,19H,13-15H2,1-5H3,(H,26,29). The monoisotopic (exact) mass is 474 g/mol. The van der Waals surface area contributed by atoms with E-state index in [1.54, 1.807) is 11.8 Å². The number of hydrogen-bond acceptors (Lipinski definition) is 3. The fraction of sp³-hybridized carbons (Fsp3) is 0.417. The molecule has 0 saturated heterocycles.